The minimum atomic E-state index is -0.354. The average Bonchev–Trinajstić information content (AvgIpc) is 1.87. The molecule has 0 atom stereocenters. The Kier molecular flexibility index (Phi) is 3.46. The van der Waals surface area contributed by atoms with Crippen LogP contribution in [0.25, 0.3) is 0 Å². The summed E-state index contributed by atoms with van der Waals surface area (Å²) in [5, 5.41) is 6.81. The van der Waals surface area contributed by atoms with Crippen LogP contribution < -0.4 is 5.73 Å². The van der Waals surface area contributed by atoms with E-state index in [1.165, 1.54) is 0 Å². The lowest BCUT2D eigenvalue weighted by molar-refractivity contribution is -0.112. The minimum Gasteiger partial charge on any atom is -0.330 e. The van der Waals surface area contributed by atoms with E-state index in [0.29, 0.717) is 0 Å². The van der Waals surface area contributed by atoms with Crippen LogP contribution in [0.3, 0.4) is 0 Å². The fourth-order valence-corrected chi connectivity index (χ4v) is 0.338. The van der Waals surface area contributed by atoms with Gasteiger partial charge in [0.25, 0.3) is 0 Å². The van der Waals surface area contributed by atoms with E-state index in [-0.39, 0.29) is 24.6 Å². The molecule has 0 saturated heterocycles. The molecule has 0 unspecified atom stereocenters. The highest BCUT2D eigenvalue weighted by Crippen LogP contribution is 1.82. The Labute approximate surface area is 53.3 Å². The van der Waals surface area contributed by atoms with Gasteiger partial charge in [0.05, 0.1) is 0 Å². The first-order valence-electron chi connectivity index (χ1n) is 2.51. The zero-order valence-electron chi connectivity index (χ0n) is 5.05. The molecule has 0 aliphatic heterocycles. The van der Waals surface area contributed by atoms with E-state index in [9.17, 15) is 4.79 Å². The number of carbonyl (C=O) groups is 1. The molecule has 0 aliphatic rings. The molecule has 0 saturated carbocycles. The molecule has 0 radical (unpaired) electrons. The van der Waals surface area contributed by atoms with Crippen LogP contribution in [0.15, 0.2) is 4.99 Å². The normalized spacial score (nSPS) is 8.56. The molecular formula is C5H9N3O. The summed E-state index contributed by atoms with van der Waals surface area (Å²) in [6.45, 7) is 3.29. The van der Waals surface area contributed by atoms with Crippen LogP contribution in [-0.4, -0.2) is 24.9 Å². The van der Waals surface area contributed by atoms with E-state index in [0.717, 1.165) is 0 Å². The number of nitrogens with zero attached hydrogens (tertiary/aromatic N) is 1. The van der Waals surface area contributed by atoms with Crippen molar-refractivity contribution in [3.05, 3.63) is 0 Å². The topological polar surface area (TPSA) is 79.3 Å². The van der Waals surface area contributed by atoms with E-state index < -0.39 is 0 Å². The maximum Gasteiger partial charge on any atom is 0.200 e. The summed E-state index contributed by atoms with van der Waals surface area (Å²) in [6.07, 6.45) is 0.178. The number of nitrogens with two attached hydrogens (primary N) is 1. The molecule has 4 heteroatoms. The molecule has 0 bridgehead atoms. The highest BCUT2D eigenvalue weighted by Gasteiger charge is 2.03. The summed E-state index contributed by atoms with van der Waals surface area (Å²) in [6, 6.07) is 0. The number of aliphatic imine (C=N–C) groups is 1. The number of hydrogen-bond donors (Lipinski definition) is 2. The lowest BCUT2D eigenvalue weighted by Crippen LogP contribution is -2.14. The molecular weight excluding hydrogens is 118 g/mol. The van der Waals surface area contributed by atoms with Crippen molar-refractivity contribution in [2.75, 3.05) is 6.54 Å². The van der Waals surface area contributed by atoms with Crippen molar-refractivity contribution < 1.29 is 4.79 Å². The lowest BCUT2D eigenvalue weighted by Gasteiger charge is -1.91. The minimum absolute atomic E-state index is 0.178. The van der Waals surface area contributed by atoms with E-state index in [2.05, 4.69) is 11.7 Å². The van der Waals surface area contributed by atoms with Crippen molar-refractivity contribution in [2.45, 2.75) is 6.42 Å². The fraction of sp³-hybridized carbons (Fsp3) is 0.400. The van der Waals surface area contributed by atoms with Crippen LogP contribution in [-0.2, 0) is 4.79 Å². The van der Waals surface area contributed by atoms with Gasteiger partial charge in [0, 0.05) is 6.42 Å². The molecule has 3 N–H and O–H groups in total. The van der Waals surface area contributed by atoms with E-state index in [1.807, 2.05) is 0 Å². The Morgan fingerprint density at radius 2 is 2.33 bits per heavy atom. The molecule has 0 heterocycles. The van der Waals surface area contributed by atoms with Gasteiger partial charge in [-0.3, -0.25) is 10.2 Å². The molecule has 0 rings (SSSR count). The van der Waals surface area contributed by atoms with Gasteiger partial charge in [-0.25, -0.2) is 4.99 Å². The maximum absolute atomic E-state index is 10.5. The van der Waals surface area contributed by atoms with Gasteiger partial charge >= 0.3 is 0 Å². The first-order chi connectivity index (χ1) is 4.22. The van der Waals surface area contributed by atoms with E-state index in [4.69, 9.17) is 11.1 Å². The highest BCUT2D eigenvalue weighted by atomic mass is 16.1. The summed E-state index contributed by atoms with van der Waals surface area (Å²) in [7, 11) is 0. The van der Waals surface area contributed by atoms with Crippen molar-refractivity contribution in [1.82, 2.24) is 0 Å². The van der Waals surface area contributed by atoms with Gasteiger partial charge in [-0.05, 0) is 13.3 Å². The monoisotopic (exact) mass is 127 g/mol. The van der Waals surface area contributed by atoms with Gasteiger partial charge in [0.2, 0.25) is 5.78 Å². The van der Waals surface area contributed by atoms with Crippen LogP contribution in [0.4, 0.5) is 0 Å². The highest BCUT2D eigenvalue weighted by molar-refractivity contribution is 6.38. The summed E-state index contributed by atoms with van der Waals surface area (Å²) in [5.74, 6) is -0.659. The van der Waals surface area contributed by atoms with Gasteiger partial charge in [-0.2, -0.15) is 0 Å². The number of hydrogen-bond acceptors (Lipinski definition) is 3. The van der Waals surface area contributed by atoms with Gasteiger partial charge < -0.3 is 5.73 Å². The molecule has 0 aliphatic carbocycles. The van der Waals surface area contributed by atoms with E-state index >= 15 is 0 Å². The van der Waals surface area contributed by atoms with Crippen molar-refractivity contribution in [3.8, 4) is 0 Å². The van der Waals surface area contributed by atoms with Crippen LogP contribution in [0.1, 0.15) is 6.42 Å². The molecule has 0 aromatic rings. The largest absolute Gasteiger partial charge is 0.330 e. The predicted octanol–water partition coefficient (Wildman–Crippen LogP) is -0.418. The predicted molar refractivity (Wildman–Crippen MR) is 36.0 cm³/mol. The molecule has 9 heavy (non-hydrogen) atoms. The van der Waals surface area contributed by atoms with Gasteiger partial charge in [-0.15, -0.1) is 0 Å². The van der Waals surface area contributed by atoms with Gasteiger partial charge in [0.1, 0.15) is 0 Å². The molecule has 0 amide bonds. The molecule has 0 fully saturated rings. The zero-order chi connectivity index (χ0) is 7.28. The fourth-order valence-electron chi connectivity index (χ4n) is 0.338. The smallest absolute Gasteiger partial charge is 0.200 e. The third-order valence-electron chi connectivity index (χ3n) is 0.794. The first-order valence-corrected chi connectivity index (χ1v) is 2.51. The van der Waals surface area contributed by atoms with Crippen LogP contribution in [0.5, 0.6) is 0 Å². The molecule has 0 aromatic heterocycles. The summed E-state index contributed by atoms with van der Waals surface area (Å²) < 4.78 is 0. The maximum atomic E-state index is 10.5. The second-order valence-corrected chi connectivity index (χ2v) is 1.47. The van der Waals surface area contributed by atoms with Crippen LogP contribution in [0, 0.1) is 5.41 Å². The number of amidine groups is 1. The Morgan fingerprint density at radius 3 is 2.67 bits per heavy atom. The summed E-state index contributed by atoms with van der Waals surface area (Å²) in [5.41, 5.74) is 5.04. The summed E-state index contributed by atoms with van der Waals surface area (Å²) in [4.78, 5) is 13.7. The first kappa shape index (κ1) is 7.97. The Bertz CT molecular complexity index is 141. The Balaban J connectivity index is 3.73. The molecule has 0 spiro atoms. The van der Waals surface area contributed by atoms with Gasteiger partial charge in [-0.1, -0.05) is 0 Å². The Morgan fingerprint density at radius 1 is 1.78 bits per heavy atom. The SMILES string of the molecule is C=NC(=N)C(=O)CCN. The molecule has 50 valence electrons. The third kappa shape index (κ3) is 2.71. The van der Waals surface area contributed by atoms with Crippen molar-refractivity contribution in [1.29, 1.82) is 5.41 Å². The number of carbonyl (C=O) groups excluding carboxylic acids is 1. The third-order valence-corrected chi connectivity index (χ3v) is 0.794. The molecule has 4 nitrogen and oxygen atoms in total. The van der Waals surface area contributed by atoms with Crippen LogP contribution >= 0.6 is 0 Å². The van der Waals surface area contributed by atoms with Crippen LogP contribution in [0.2, 0.25) is 0 Å². The quantitative estimate of drug-likeness (QED) is 0.399. The summed E-state index contributed by atoms with van der Waals surface area (Å²) >= 11 is 0. The molecule has 0 aromatic carbocycles. The zero-order valence-corrected chi connectivity index (χ0v) is 5.05. The van der Waals surface area contributed by atoms with Crippen molar-refractivity contribution >= 4 is 18.3 Å². The second-order valence-electron chi connectivity index (χ2n) is 1.47. The number of ketones is 1. The average molecular weight is 127 g/mol. The second kappa shape index (κ2) is 3.91. The Hall–Kier alpha value is -1.03. The van der Waals surface area contributed by atoms with Gasteiger partial charge in [0.15, 0.2) is 5.84 Å². The number of Topliss-reactive ketones (excluding diaryl/α,β-unsaturated/α-hetero) is 1. The standard InChI is InChI=1S/C5H9N3O/c1-8-5(7)4(9)2-3-6/h7H,1-3,6H2. The number of nitrogens with one attached hydrogen (secondary N) is 1. The van der Waals surface area contributed by atoms with Crippen molar-refractivity contribution in [2.24, 2.45) is 10.7 Å². The van der Waals surface area contributed by atoms with Crippen molar-refractivity contribution in [3.63, 3.8) is 0 Å². The number of rotatable bonds is 3. The van der Waals surface area contributed by atoms with E-state index in [1.54, 1.807) is 0 Å². The lowest BCUT2D eigenvalue weighted by atomic mass is 10.3.